The van der Waals surface area contributed by atoms with Crippen LogP contribution in [0.15, 0.2) is 18.2 Å². The lowest BCUT2D eigenvalue weighted by atomic mass is 10.1. The molecule has 1 aromatic carbocycles. The number of hydrogen-bond donors (Lipinski definition) is 1. The first-order valence-electron chi connectivity index (χ1n) is 7.26. The number of nitrogens with two attached hydrogens (primary N) is 1. The van der Waals surface area contributed by atoms with E-state index in [1.807, 2.05) is 25.1 Å². The topological polar surface area (TPSA) is 38.5 Å². The molecule has 114 valence electrons. The molecule has 0 saturated heterocycles. The van der Waals surface area contributed by atoms with Crippen LogP contribution in [0.3, 0.4) is 0 Å². The van der Waals surface area contributed by atoms with Crippen molar-refractivity contribution < 1.29 is 4.74 Å². The second-order valence-electron chi connectivity index (χ2n) is 5.75. The zero-order valence-electron chi connectivity index (χ0n) is 13.2. The predicted molar refractivity (Wildman–Crippen MR) is 86.5 cm³/mol. The highest BCUT2D eigenvalue weighted by Gasteiger charge is 2.13. The molecule has 0 aliphatic rings. The van der Waals surface area contributed by atoms with E-state index in [1.165, 1.54) is 0 Å². The van der Waals surface area contributed by atoms with Gasteiger partial charge in [-0.05, 0) is 52.3 Å². The zero-order chi connectivity index (χ0) is 15.3. The zero-order valence-corrected chi connectivity index (χ0v) is 13.9. The Morgan fingerprint density at radius 3 is 2.20 bits per heavy atom. The molecule has 0 saturated carbocycles. The lowest BCUT2D eigenvalue weighted by molar-refractivity contribution is 0.142. The van der Waals surface area contributed by atoms with Crippen molar-refractivity contribution in [1.82, 2.24) is 4.90 Å². The highest BCUT2D eigenvalue weighted by molar-refractivity contribution is 6.31. The minimum Gasteiger partial charge on any atom is -0.492 e. The molecule has 1 rings (SSSR count). The molecule has 0 aliphatic heterocycles. The quantitative estimate of drug-likeness (QED) is 0.831. The van der Waals surface area contributed by atoms with E-state index in [0.717, 1.165) is 17.9 Å². The van der Waals surface area contributed by atoms with Gasteiger partial charge in [0.05, 0.1) is 0 Å². The van der Waals surface area contributed by atoms with Gasteiger partial charge in [0.15, 0.2) is 0 Å². The maximum absolute atomic E-state index is 6.20. The van der Waals surface area contributed by atoms with E-state index in [4.69, 9.17) is 22.1 Å². The molecular weight excluding hydrogens is 272 g/mol. The summed E-state index contributed by atoms with van der Waals surface area (Å²) in [5.41, 5.74) is 6.79. The first-order valence-corrected chi connectivity index (χ1v) is 7.64. The summed E-state index contributed by atoms with van der Waals surface area (Å²) in [6.07, 6.45) is 0. The molecule has 0 aromatic heterocycles. The van der Waals surface area contributed by atoms with Gasteiger partial charge in [-0.1, -0.05) is 17.7 Å². The van der Waals surface area contributed by atoms with Crippen molar-refractivity contribution in [3.63, 3.8) is 0 Å². The van der Waals surface area contributed by atoms with Crippen molar-refractivity contribution >= 4 is 11.6 Å². The second-order valence-corrected chi connectivity index (χ2v) is 6.15. The van der Waals surface area contributed by atoms with Crippen LogP contribution < -0.4 is 10.5 Å². The minimum absolute atomic E-state index is 0.0612. The maximum atomic E-state index is 6.20. The van der Waals surface area contributed by atoms with E-state index >= 15 is 0 Å². The molecule has 1 atom stereocenters. The molecule has 0 spiro atoms. The van der Waals surface area contributed by atoms with Crippen LogP contribution in [0.5, 0.6) is 5.75 Å². The molecule has 1 unspecified atom stereocenters. The van der Waals surface area contributed by atoms with Gasteiger partial charge in [-0.15, -0.1) is 0 Å². The summed E-state index contributed by atoms with van der Waals surface area (Å²) in [5.74, 6) is 0.798. The molecule has 0 fully saturated rings. The Morgan fingerprint density at radius 2 is 1.75 bits per heavy atom. The van der Waals surface area contributed by atoms with Gasteiger partial charge in [0.25, 0.3) is 0 Å². The van der Waals surface area contributed by atoms with Gasteiger partial charge in [0.2, 0.25) is 0 Å². The molecule has 0 amide bonds. The van der Waals surface area contributed by atoms with Gasteiger partial charge in [0.1, 0.15) is 12.4 Å². The standard InChI is InChI=1S/C16H27ClN2O/c1-11(2)19(12(3)4)8-9-20-14-6-7-15(13(5)18)16(17)10-14/h6-7,10-13H,8-9,18H2,1-5H3. The molecule has 0 radical (unpaired) electrons. The fourth-order valence-corrected chi connectivity index (χ4v) is 2.69. The summed E-state index contributed by atoms with van der Waals surface area (Å²) in [5, 5.41) is 0.669. The Hall–Kier alpha value is -0.770. The van der Waals surface area contributed by atoms with Gasteiger partial charge in [0, 0.05) is 29.7 Å². The Bertz CT molecular complexity index is 411. The van der Waals surface area contributed by atoms with Crippen LogP contribution in [0.1, 0.15) is 46.2 Å². The van der Waals surface area contributed by atoms with Crippen LogP contribution in [-0.2, 0) is 0 Å². The Labute approximate surface area is 128 Å². The van der Waals surface area contributed by atoms with E-state index in [0.29, 0.717) is 23.7 Å². The lowest BCUT2D eigenvalue weighted by Gasteiger charge is -2.30. The third kappa shape index (κ3) is 4.97. The maximum Gasteiger partial charge on any atom is 0.120 e. The van der Waals surface area contributed by atoms with Gasteiger partial charge in [-0.3, -0.25) is 4.90 Å². The summed E-state index contributed by atoms with van der Waals surface area (Å²) < 4.78 is 5.79. The first kappa shape index (κ1) is 17.3. The highest BCUT2D eigenvalue weighted by atomic mass is 35.5. The molecular formula is C16H27ClN2O. The van der Waals surface area contributed by atoms with E-state index in [-0.39, 0.29) is 6.04 Å². The fourth-order valence-electron chi connectivity index (χ4n) is 2.35. The van der Waals surface area contributed by atoms with Crippen molar-refractivity contribution in [2.75, 3.05) is 13.2 Å². The van der Waals surface area contributed by atoms with Crippen LogP contribution in [-0.4, -0.2) is 30.1 Å². The van der Waals surface area contributed by atoms with Gasteiger partial charge >= 0.3 is 0 Å². The second kappa shape index (κ2) is 7.87. The number of nitrogens with zero attached hydrogens (tertiary/aromatic N) is 1. The van der Waals surface area contributed by atoms with Gasteiger partial charge in [-0.25, -0.2) is 0 Å². The smallest absolute Gasteiger partial charge is 0.120 e. The number of hydrogen-bond acceptors (Lipinski definition) is 3. The van der Waals surface area contributed by atoms with Gasteiger partial charge in [-0.2, -0.15) is 0 Å². The van der Waals surface area contributed by atoms with E-state index < -0.39 is 0 Å². The largest absolute Gasteiger partial charge is 0.492 e. The molecule has 1 aromatic rings. The number of benzene rings is 1. The average Bonchev–Trinajstić information content (AvgIpc) is 2.33. The van der Waals surface area contributed by atoms with Crippen molar-refractivity contribution in [1.29, 1.82) is 0 Å². The summed E-state index contributed by atoms with van der Waals surface area (Å²) in [7, 11) is 0. The third-order valence-corrected chi connectivity index (χ3v) is 3.73. The Kier molecular flexibility index (Phi) is 6.80. The first-order chi connectivity index (χ1) is 9.32. The summed E-state index contributed by atoms with van der Waals surface area (Å²) in [4.78, 5) is 2.40. The van der Waals surface area contributed by atoms with E-state index in [9.17, 15) is 0 Å². The van der Waals surface area contributed by atoms with Crippen molar-refractivity contribution in [3.05, 3.63) is 28.8 Å². The van der Waals surface area contributed by atoms with Crippen molar-refractivity contribution in [3.8, 4) is 5.75 Å². The van der Waals surface area contributed by atoms with E-state index in [1.54, 1.807) is 0 Å². The molecule has 0 aliphatic carbocycles. The van der Waals surface area contributed by atoms with Crippen LogP contribution in [0.2, 0.25) is 5.02 Å². The van der Waals surface area contributed by atoms with Crippen molar-refractivity contribution in [2.45, 2.75) is 52.7 Å². The van der Waals surface area contributed by atoms with E-state index in [2.05, 4.69) is 32.6 Å². The highest BCUT2D eigenvalue weighted by Crippen LogP contribution is 2.26. The normalized spacial score (nSPS) is 13.3. The minimum atomic E-state index is -0.0612. The monoisotopic (exact) mass is 298 g/mol. The summed E-state index contributed by atoms with van der Waals surface area (Å²) in [6.45, 7) is 12.3. The molecule has 20 heavy (non-hydrogen) atoms. The molecule has 2 N–H and O–H groups in total. The predicted octanol–water partition coefficient (Wildman–Crippen LogP) is 3.86. The number of rotatable bonds is 7. The lowest BCUT2D eigenvalue weighted by Crippen LogP contribution is -2.39. The molecule has 0 bridgehead atoms. The summed E-state index contributed by atoms with van der Waals surface area (Å²) >= 11 is 6.20. The van der Waals surface area contributed by atoms with Crippen LogP contribution in [0, 0.1) is 0 Å². The number of halogens is 1. The van der Waals surface area contributed by atoms with Crippen LogP contribution >= 0.6 is 11.6 Å². The Morgan fingerprint density at radius 1 is 1.15 bits per heavy atom. The summed E-state index contributed by atoms with van der Waals surface area (Å²) in [6, 6.07) is 6.68. The Balaban J connectivity index is 2.56. The average molecular weight is 299 g/mol. The SMILES string of the molecule is CC(N)c1ccc(OCCN(C(C)C)C(C)C)cc1Cl. The van der Waals surface area contributed by atoms with Crippen LogP contribution in [0.4, 0.5) is 0 Å². The van der Waals surface area contributed by atoms with Crippen LogP contribution in [0.25, 0.3) is 0 Å². The third-order valence-electron chi connectivity index (χ3n) is 3.41. The molecule has 4 heteroatoms. The molecule has 3 nitrogen and oxygen atoms in total. The van der Waals surface area contributed by atoms with Gasteiger partial charge < -0.3 is 10.5 Å². The molecule has 0 heterocycles. The fraction of sp³-hybridized carbons (Fsp3) is 0.625. The number of ether oxygens (including phenoxy) is 1. The van der Waals surface area contributed by atoms with Crippen molar-refractivity contribution in [2.24, 2.45) is 5.73 Å².